The van der Waals surface area contributed by atoms with Crippen molar-refractivity contribution in [2.24, 2.45) is 0 Å². The minimum absolute atomic E-state index is 0.413. The number of hydrogen-bond donors (Lipinski definition) is 1. The maximum atomic E-state index is 7.73. The topological polar surface area (TPSA) is 36.3 Å². The fourth-order valence-electron chi connectivity index (χ4n) is 1.87. The zero-order valence-corrected chi connectivity index (χ0v) is 10.6. The van der Waals surface area contributed by atoms with Crippen LogP contribution in [0.1, 0.15) is 45.4 Å². The second-order valence-corrected chi connectivity index (χ2v) is 4.41. The summed E-state index contributed by atoms with van der Waals surface area (Å²) in [4.78, 5) is 2.20. The molecule has 92 valence electrons. The Bertz CT molecular complexity index is 248. The molecule has 1 N–H and O–H groups in total. The summed E-state index contributed by atoms with van der Waals surface area (Å²) >= 11 is 0. The molecular weight excluding hydrogens is 200 g/mol. The van der Waals surface area contributed by atoms with E-state index in [1.54, 1.807) is 0 Å². The first-order valence-electron chi connectivity index (χ1n) is 6.34. The first-order valence-corrected chi connectivity index (χ1v) is 6.34. The highest BCUT2D eigenvalue weighted by Gasteiger charge is 2.12. The second-order valence-electron chi connectivity index (χ2n) is 4.41. The molecule has 0 saturated carbocycles. The minimum Gasteiger partial charge on any atom is -0.481 e. The van der Waals surface area contributed by atoms with Crippen LogP contribution in [-0.2, 0) is 4.74 Å². The summed E-state index contributed by atoms with van der Waals surface area (Å²) in [6.45, 7) is 3.99. The largest absolute Gasteiger partial charge is 0.481 e. The normalized spacial score (nSPS) is 15.1. The molecule has 0 aromatic heterocycles. The van der Waals surface area contributed by atoms with Gasteiger partial charge in [0, 0.05) is 19.3 Å². The number of hydrogen-bond acceptors (Lipinski definition) is 3. The Hall–Kier alpha value is -0.990. The van der Waals surface area contributed by atoms with Gasteiger partial charge in [-0.3, -0.25) is 5.41 Å². The van der Waals surface area contributed by atoms with Crippen molar-refractivity contribution in [3.05, 3.63) is 11.8 Å². The number of ether oxygens (including phenoxy) is 1. The van der Waals surface area contributed by atoms with Crippen LogP contribution < -0.4 is 0 Å². The van der Waals surface area contributed by atoms with E-state index in [1.807, 2.05) is 0 Å². The highest BCUT2D eigenvalue weighted by Crippen LogP contribution is 2.16. The average Bonchev–Trinajstić information content (AvgIpc) is 2.64. The van der Waals surface area contributed by atoms with E-state index < -0.39 is 0 Å². The Balaban J connectivity index is 2.07. The Morgan fingerprint density at radius 2 is 2.25 bits per heavy atom. The Morgan fingerprint density at radius 1 is 1.44 bits per heavy atom. The van der Waals surface area contributed by atoms with Gasteiger partial charge in [-0.15, -0.1) is 0 Å². The molecule has 0 spiro atoms. The molecule has 1 rings (SSSR count). The maximum absolute atomic E-state index is 7.73. The van der Waals surface area contributed by atoms with Crippen molar-refractivity contribution in [3.63, 3.8) is 0 Å². The monoisotopic (exact) mass is 224 g/mol. The Morgan fingerprint density at radius 3 is 2.88 bits per heavy atom. The van der Waals surface area contributed by atoms with Crippen LogP contribution in [0.15, 0.2) is 11.8 Å². The van der Waals surface area contributed by atoms with Crippen LogP contribution in [0.5, 0.6) is 0 Å². The number of rotatable bonds is 7. The van der Waals surface area contributed by atoms with E-state index in [0.717, 1.165) is 19.4 Å². The Kier molecular flexibility index (Phi) is 5.98. The molecule has 0 atom stereocenters. The molecule has 1 aliphatic rings. The smallest absolute Gasteiger partial charge is 0.186 e. The van der Waals surface area contributed by atoms with Crippen LogP contribution in [0, 0.1) is 5.41 Å². The minimum atomic E-state index is 0.413. The molecule has 0 aliphatic carbocycles. The molecule has 0 aromatic carbocycles. The van der Waals surface area contributed by atoms with E-state index in [4.69, 9.17) is 10.1 Å². The van der Waals surface area contributed by atoms with Crippen molar-refractivity contribution in [3.8, 4) is 0 Å². The molecule has 0 unspecified atom stereocenters. The predicted octanol–water partition coefficient (Wildman–Crippen LogP) is 3.17. The summed E-state index contributed by atoms with van der Waals surface area (Å²) in [7, 11) is 2.08. The quantitative estimate of drug-likeness (QED) is 0.409. The van der Waals surface area contributed by atoms with Gasteiger partial charge in [0.25, 0.3) is 0 Å². The van der Waals surface area contributed by atoms with Crippen LogP contribution in [-0.4, -0.2) is 31.0 Å². The van der Waals surface area contributed by atoms with Crippen LogP contribution in [0.2, 0.25) is 0 Å². The van der Waals surface area contributed by atoms with Gasteiger partial charge in [0.05, 0.1) is 13.0 Å². The van der Waals surface area contributed by atoms with E-state index in [1.165, 1.54) is 25.0 Å². The fraction of sp³-hybridized carbons (Fsp3) is 0.769. The third-order valence-corrected chi connectivity index (χ3v) is 2.95. The number of nitrogens with zero attached hydrogens (tertiary/aromatic N) is 1. The molecule has 0 saturated heterocycles. The Labute approximate surface area is 99.0 Å². The summed E-state index contributed by atoms with van der Waals surface area (Å²) in [6.07, 6.45) is 8.77. The molecule has 0 fully saturated rings. The van der Waals surface area contributed by atoms with Crippen molar-refractivity contribution in [1.29, 1.82) is 5.41 Å². The fourth-order valence-corrected chi connectivity index (χ4v) is 1.87. The van der Waals surface area contributed by atoms with Crippen molar-refractivity contribution in [2.45, 2.75) is 45.4 Å². The molecule has 0 bridgehead atoms. The van der Waals surface area contributed by atoms with E-state index in [2.05, 4.69) is 24.9 Å². The average molecular weight is 224 g/mol. The van der Waals surface area contributed by atoms with Crippen LogP contribution >= 0.6 is 0 Å². The first kappa shape index (κ1) is 13.1. The highest BCUT2D eigenvalue weighted by molar-refractivity contribution is 5.75. The van der Waals surface area contributed by atoms with E-state index in [9.17, 15) is 0 Å². The van der Waals surface area contributed by atoms with Crippen LogP contribution in [0.4, 0.5) is 0 Å². The molecule has 1 heterocycles. The predicted molar refractivity (Wildman–Crippen MR) is 67.8 cm³/mol. The SMILES string of the molecule is CCCCCCOC(=N)CC1=CCCN1C. The van der Waals surface area contributed by atoms with Gasteiger partial charge in [-0.05, 0) is 12.8 Å². The lowest BCUT2D eigenvalue weighted by atomic mass is 10.2. The summed E-state index contributed by atoms with van der Waals surface area (Å²) in [5.41, 5.74) is 1.23. The van der Waals surface area contributed by atoms with Gasteiger partial charge in [-0.25, -0.2) is 0 Å². The molecule has 3 heteroatoms. The molecule has 1 aliphatic heterocycles. The van der Waals surface area contributed by atoms with E-state index >= 15 is 0 Å². The number of unbranched alkanes of at least 4 members (excludes halogenated alkanes) is 3. The van der Waals surface area contributed by atoms with Crippen molar-refractivity contribution < 1.29 is 4.74 Å². The summed E-state index contributed by atoms with van der Waals surface area (Å²) in [6, 6.07) is 0. The van der Waals surface area contributed by atoms with Crippen LogP contribution in [0.3, 0.4) is 0 Å². The van der Waals surface area contributed by atoms with Gasteiger partial charge in [0.15, 0.2) is 5.90 Å². The number of nitrogens with one attached hydrogen (secondary N) is 1. The van der Waals surface area contributed by atoms with Crippen molar-refractivity contribution in [2.75, 3.05) is 20.2 Å². The standard InChI is InChI=1S/C13H24N2O/c1-3-4-5-6-10-16-13(14)11-12-8-7-9-15(12)2/h8,14H,3-7,9-11H2,1-2H3. The third-order valence-electron chi connectivity index (χ3n) is 2.95. The van der Waals surface area contributed by atoms with Gasteiger partial charge in [0.2, 0.25) is 0 Å². The van der Waals surface area contributed by atoms with Gasteiger partial charge < -0.3 is 9.64 Å². The lowest BCUT2D eigenvalue weighted by Gasteiger charge is -2.16. The summed E-state index contributed by atoms with van der Waals surface area (Å²) in [5, 5.41) is 7.73. The molecule has 16 heavy (non-hydrogen) atoms. The molecule has 0 aromatic rings. The molecule has 0 radical (unpaired) electrons. The highest BCUT2D eigenvalue weighted by atomic mass is 16.5. The summed E-state index contributed by atoms with van der Waals surface area (Å²) < 4.78 is 5.41. The lowest BCUT2D eigenvalue weighted by molar-refractivity contribution is 0.280. The second kappa shape index (κ2) is 7.31. The molecular formula is C13H24N2O. The maximum Gasteiger partial charge on any atom is 0.186 e. The molecule has 0 amide bonds. The van der Waals surface area contributed by atoms with Crippen molar-refractivity contribution >= 4 is 5.90 Å². The summed E-state index contributed by atoms with van der Waals surface area (Å²) in [5.74, 6) is 0.413. The van der Waals surface area contributed by atoms with E-state index in [-0.39, 0.29) is 0 Å². The zero-order chi connectivity index (χ0) is 11.8. The lowest BCUT2D eigenvalue weighted by Crippen LogP contribution is -2.16. The third kappa shape index (κ3) is 4.69. The van der Waals surface area contributed by atoms with Crippen molar-refractivity contribution in [1.82, 2.24) is 4.90 Å². The first-order chi connectivity index (χ1) is 7.74. The molecule has 3 nitrogen and oxygen atoms in total. The van der Waals surface area contributed by atoms with Gasteiger partial charge in [0.1, 0.15) is 0 Å². The van der Waals surface area contributed by atoms with Gasteiger partial charge in [-0.1, -0.05) is 32.3 Å². The van der Waals surface area contributed by atoms with Crippen LogP contribution in [0.25, 0.3) is 0 Å². The van der Waals surface area contributed by atoms with Gasteiger partial charge >= 0.3 is 0 Å². The van der Waals surface area contributed by atoms with E-state index in [0.29, 0.717) is 18.9 Å². The van der Waals surface area contributed by atoms with Gasteiger partial charge in [-0.2, -0.15) is 0 Å². The zero-order valence-electron chi connectivity index (χ0n) is 10.6.